The van der Waals surface area contributed by atoms with Crippen LogP contribution >= 0.6 is 0 Å². The van der Waals surface area contributed by atoms with Gasteiger partial charge in [-0.3, -0.25) is 4.79 Å². The van der Waals surface area contributed by atoms with Gasteiger partial charge in [-0.05, 0) is 42.7 Å². The topological polar surface area (TPSA) is 51.1 Å². The van der Waals surface area contributed by atoms with Gasteiger partial charge in [-0.2, -0.15) is 0 Å². The molecule has 2 aromatic rings. The van der Waals surface area contributed by atoms with E-state index in [1.54, 1.807) is 18.1 Å². The lowest BCUT2D eigenvalue weighted by Gasteiger charge is -2.32. The number of hydrogen-bond donors (Lipinski definition) is 0. The summed E-state index contributed by atoms with van der Waals surface area (Å²) in [5.41, 5.74) is 2.50. The number of hydrogen-bond acceptors (Lipinski definition) is 4. The lowest BCUT2D eigenvalue weighted by Crippen LogP contribution is -2.42. The van der Waals surface area contributed by atoms with Crippen LogP contribution in [0.1, 0.15) is 36.8 Å². The summed E-state index contributed by atoms with van der Waals surface area (Å²) in [5, 5.41) is 4.25. The van der Waals surface area contributed by atoms with E-state index in [0.717, 1.165) is 41.9 Å². The molecule has 1 saturated carbocycles. The Morgan fingerprint density at radius 2 is 2.07 bits per heavy atom. The van der Waals surface area contributed by atoms with Gasteiger partial charge in [-0.25, -0.2) is 4.39 Å². The first kappa shape index (κ1) is 19.4. The van der Waals surface area contributed by atoms with Gasteiger partial charge in [0.2, 0.25) is 5.91 Å². The number of oxime groups is 1. The molecule has 152 valence electrons. The first-order valence-electron chi connectivity index (χ1n) is 10.0. The Morgan fingerprint density at radius 3 is 2.79 bits per heavy atom. The van der Waals surface area contributed by atoms with Gasteiger partial charge in [0.15, 0.2) is 6.10 Å². The Balaban J connectivity index is 1.46. The van der Waals surface area contributed by atoms with Gasteiger partial charge in [-0.15, -0.1) is 0 Å². The number of carbonyl (C=O) groups excluding carboxylic acids is 1. The molecule has 1 heterocycles. The van der Waals surface area contributed by atoms with E-state index in [1.807, 2.05) is 30.3 Å². The summed E-state index contributed by atoms with van der Waals surface area (Å²) in [6.07, 6.45) is 3.30. The summed E-state index contributed by atoms with van der Waals surface area (Å²) in [5.74, 6) is 0.643. The number of rotatable bonds is 7. The molecule has 1 fully saturated rings. The molecule has 29 heavy (non-hydrogen) atoms. The number of halogens is 1. The van der Waals surface area contributed by atoms with Gasteiger partial charge >= 0.3 is 0 Å². The van der Waals surface area contributed by atoms with Crippen molar-refractivity contribution in [2.45, 2.75) is 38.3 Å². The highest BCUT2D eigenvalue weighted by Crippen LogP contribution is 2.30. The molecular weight excluding hydrogens is 371 g/mol. The van der Waals surface area contributed by atoms with Gasteiger partial charge in [0.05, 0.1) is 19.4 Å². The molecular formula is C23H25FN2O3. The molecule has 0 N–H and O–H groups in total. The van der Waals surface area contributed by atoms with Crippen molar-refractivity contribution in [1.82, 2.24) is 4.90 Å². The predicted octanol–water partition coefficient (Wildman–Crippen LogP) is 4.16. The van der Waals surface area contributed by atoms with Crippen LogP contribution in [0, 0.1) is 11.7 Å². The van der Waals surface area contributed by atoms with E-state index in [0.29, 0.717) is 19.5 Å². The largest absolute Gasteiger partial charge is 0.496 e. The quantitative estimate of drug-likeness (QED) is 0.706. The normalized spacial score (nSPS) is 18.6. The Morgan fingerprint density at radius 1 is 1.24 bits per heavy atom. The van der Waals surface area contributed by atoms with Crippen molar-refractivity contribution < 1.29 is 18.8 Å². The zero-order valence-corrected chi connectivity index (χ0v) is 16.5. The van der Waals surface area contributed by atoms with Gasteiger partial charge in [0.25, 0.3) is 0 Å². The fourth-order valence-electron chi connectivity index (χ4n) is 3.82. The van der Waals surface area contributed by atoms with Crippen molar-refractivity contribution in [3.05, 3.63) is 65.5 Å². The maximum Gasteiger partial charge on any atom is 0.226 e. The molecule has 6 heteroatoms. The van der Waals surface area contributed by atoms with Crippen molar-refractivity contribution in [3.63, 3.8) is 0 Å². The van der Waals surface area contributed by atoms with E-state index in [9.17, 15) is 9.18 Å². The second kappa shape index (κ2) is 8.64. The Hall–Kier alpha value is -2.89. The summed E-state index contributed by atoms with van der Waals surface area (Å²) in [7, 11) is 1.63. The third-order valence-corrected chi connectivity index (χ3v) is 5.60. The third kappa shape index (κ3) is 4.42. The molecule has 2 aliphatic rings. The second-order valence-electron chi connectivity index (χ2n) is 7.65. The summed E-state index contributed by atoms with van der Waals surface area (Å²) in [4.78, 5) is 20.4. The number of carbonyl (C=O) groups is 1. The van der Waals surface area contributed by atoms with E-state index >= 15 is 0 Å². The second-order valence-corrected chi connectivity index (χ2v) is 7.65. The van der Waals surface area contributed by atoms with E-state index in [1.165, 1.54) is 12.1 Å². The molecule has 1 aliphatic heterocycles. The molecule has 0 saturated heterocycles. The molecule has 1 aliphatic carbocycles. The third-order valence-electron chi connectivity index (χ3n) is 5.60. The molecule has 0 radical (unpaired) electrons. The van der Waals surface area contributed by atoms with Gasteiger partial charge < -0.3 is 14.5 Å². The maximum atomic E-state index is 13.6. The molecule has 2 aromatic carbocycles. The monoisotopic (exact) mass is 396 g/mol. The lowest BCUT2D eigenvalue weighted by molar-refractivity contribution is -0.140. The number of methoxy groups -OCH3 is 1. The fourth-order valence-corrected chi connectivity index (χ4v) is 3.82. The fraction of sp³-hybridized carbons (Fsp3) is 0.391. The Kier molecular flexibility index (Phi) is 5.79. The van der Waals surface area contributed by atoms with E-state index in [-0.39, 0.29) is 23.7 Å². The smallest absolute Gasteiger partial charge is 0.226 e. The minimum Gasteiger partial charge on any atom is -0.496 e. The molecule has 0 bridgehead atoms. The van der Waals surface area contributed by atoms with E-state index in [2.05, 4.69) is 5.16 Å². The Bertz CT molecular complexity index is 911. The highest BCUT2D eigenvalue weighted by Gasteiger charge is 2.33. The molecule has 5 nitrogen and oxygen atoms in total. The van der Waals surface area contributed by atoms with Crippen LogP contribution in [0.2, 0.25) is 0 Å². The zero-order valence-electron chi connectivity index (χ0n) is 16.5. The highest BCUT2D eigenvalue weighted by molar-refractivity contribution is 6.03. The van der Waals surface area contributed by atoms with Crippen LogP contribution in [-0.4, -0.2) is 36.3 Å². The average Bonchev–Trinajstić information content (AvgIpc) is 3.14. The lowest BCUT2D eigenvalue weighted by atomic mass is 9.84. The minimum atomic E-state index is -0.294. The molecule has 1 atom stereocenters. The van der Waals surface area contributed by atoms with Crippen LogP contribution in [0.15, 0.2) is 53.7 Å². The maximum absolute atomic E-state index is 13.6. The zero-order chi connectivity index (χ0) is 20.2. The molecule has 1 amide bonds. The van der Waals surface area contributed by atoms with Gasteiger partial charge in [0, 0.05) is 24.4 Å². The predicted molar refractivity (Wildman–Crippen MR) is 108 cm³/mol. The van der Waals surface area contributed by atoms with E-state index < -0.39 is 0 Å². The van der Waals surface area contributed by atoms with Crippen LogP contribution in [0.4, 0.5) is 4.39 Å². The SMILES string of the molecule is COc1ccccc1C1=NO[C@@H](CN(Cc2cccc(F)c2)C(=O)C2CCC2)C1. The van der Waals surface area contributed by atoms with Crippen LogP contribution in [-0.2, 0) is 16.2 Å². The molecule has 0 spiro atoms. The molecule has 4 rings (SSSR count). The van der Waals surface area contributed by atoms with Crippen LogP contribution in [0.5, 0.6) is 5.75 Å². The number of nitrogens with zero attached hydrogens (tertiary/aromatic N) is 2. The van der Waals surface area contributed by atoms with Crippen LogP contribution in [0.3, 0.4) is 0 Å². The Labute approximate surface area is 170 Å². The van der Waals surface area contributed by atoms with Crippen molar-refractivity contribution in [2.24, 2.45) is 11.1 Å². The number of benzene rings is 2. The van der Waals surface area contributed by atoms with Crippen molar-refractivity contribution in [1.29, 1.82) is 0 Å². The van der Waals surface area contributed by atoms with Crippen molar-refractivity contribution in [3.8, 4) is 5.75 Å². The van der Waals surface area contributed by atoms with Crippen LogP contribution in [0.25, 0.3) is 0 Å². The molecule has 0 aromatic heterocycles. The minimum absolute atomic E-state index is 0.0690. The van der Waals surface area contributed by atoms with Crippen LogP contribution < -0.4 is 4.74 Å². The summed E-state index contributed by atoms with van der Waals surface area (Å²) in [6.45, 7) is 0.797. The first-order chi connectivity index (χ1) is 14.1. The standard InChI is InChI=1S/C23H25FN2O3/c1-28-22-11-3-2-10-20(22)21-13-19(29-25-21)15-26(23(27)17-7-5-8-17)14-16-6-4-9-18(24)12-16/h2-4,6,9-12,17,19H,5,7-8,13-15H2,1H3/t19-/m1/s1. The highest BCUT2D eigenvalue weighted by atomic mass is 19.1. The van der Waals surface area contributed by atoms with Crippen molar-refractivity contribution in [2.75, 3.05) is 13.7 Å². The number of ether oxygens (including phenoxy) is 1. The summed E-state index contributed by atoms with van der Waals surface area (Å²) >= 11 is 0. The summed E-state index contributed by atoms with van der Waals surface area (Å²) < 4.78 is 19.0. The van der Waals surface area contributed by atoms with E-state index in [4.69, 9.17) is 9.57 Å². The number of para-hydroxylation sites is 1. The summed E-state index contributed by atoms with van der Waals surface area (Å²) in [6, 6.07) is 14.1. The van der Waals surface area contributed by atoms with Gasteiger partial charge in [-0.1, -0.05) is 35.8 Å². The molecule has 0 unspecified atom stereocenters. The van der Waals surface area contributed by atoms with Gasteiger partial charge in [0.1, 0.15) is 11.6 Å². The first-order valence-corrected chi connectivity index (χ1v) is 10.0. The van der Waals surface area contributed by atoms with Crippen molar-refractivity contribution >= 4 is 11.6 Å². The number of amides is 1. The average molecular weight is 396 g/mol.